The quantitative estimate of drug-likeness (QED) is 0.884. The molecule has 0 radical (unpaired) electrons. The van der Waals surface area contributed by atoms with Gasteiger partial charge in [0.2, 0.25) is 0 Å². The molecule has 1 aromatic heterocycles. The average Bonchev–Trinajstić information content (AvgIpc) is 2.96. The van der Waals surface area contributed by atoms with Gasteiger partial charge in [-0.15, -0.1) is 0 Å². The molecule has 1 unspecified atom stereocenters. The lowest BCUT2D eigenvalue weighted by molar-refractivity contribution is 0.0859. The third-order valence-electron chi connectivity index (χ3n) is 5.19. The topological polar surface area (TPSA) is 76.2 Å². The number of nitrogens with one attached hydrogen (secondary N) is 1. The second kappa shape index (κ2) is 5.94. The summed E-state index contributed by atoms with van der Waals surface area (Å²) < 4.78 is 1.45. The molecule has 2 aromatic rings. The normalized spacial score (nSPS) is 20.1. The number of nitrogen functional groups attached to an aromatic ring is 1. The second-order valence-electron chi connectivity index (χ2n) is 6.53. The molecule has 0 fully saturated rings. The van der Waals surface area contributed by atoms with E-state index in [1.54, 1.807) is 0 Å². The molecule has 6 nitrogen and oxygen atoms in total. The number of anilines is 2. The molecule has 2 aliphatic rings. The van der Waals surface area contributed by atoms with Crippen molar-refractivity contribution < 1.29 is 4.79 Å². The Morgan fingerprint density at radius 1 is 1.42 bits per heavy atom. The zero-order chi connectivity index (χ0) is 16.7. The lowest BCUT2D eigenvalue weighted by Gasteiger charge is -2.25. The summed E-state index contributed by atoms with van der Waals surface area (Å²) in [4.78, 5) is 15.5. The van der Waals surface area contributed by atoms with Crippen LogP contribution in [0.3, 0.4) is 0 Å². The molecule has 1 atom stereocenters. The smallest absolute Gasteiger partial charge is 0.256 e. The molecule has 1 aromatic carbocycles. The maximum Gasteiger partial charge on any atom is 0.256 e. The van der Waals surface area contributed by atoms with Crippen LogP contribution in [0, 0.1) is 0 Å². The SMILES string of the molecule is CCN1CCc2nn(C(=O)C3CCNc4ccccc43)c(N)c2C1. The molecule has 126 valence electrons. The Labute approximate surface area is 141 Å². The van der Waals surface area contributed by atoms with E-state index in [2.05, 4.69) is 22.2 Å². The Hall–Kier alpha value is -2.34. The summed E-state index contributed by atoms with van der Waals surface area (Å²) in [5.41, 5.74) is 10.4. The Kier molecular flexibility index (Phi) is 3.76. The van der Waals surface area contributed by atoms with E-state index in [0.29, 0.717) is 5.82 Å². The fourth-order valence-electron chi connectivity index (χ4n) is 3.76. The Morgan fingerprint density at radius 3 is 3.08 bits per heavy atom. The highest BCUT2D eigenvalue weighted by Gasteiger charge is 2.31. The molecular formula is C18H23N5O. The van der Waals surface area contributed by atoms with Gasteiger partial charge in [-0.25, -0.2) is 0 Å². The maximum absolute atomic E-state index is 13.1. The third kappa shape index (κ3) is 2.38. The van der Waals surface area contributed by atoms with Gasteiger partial charge in [0, 0.05) is 37.3 Å². The minimum Gasteiger partial charge on any atom is -0.385 e. The van der Waals surface area contributed by atoms with Crippen LogP contribution < -0.4 is 11.1 Å². The van der Waals surface area contributed by atoms with E-state index in [1.165, 1.54) is 4.68 Å². The molecule has 3 N–H and O–H groups in total. The van der Waals surface area contributed by atoms with Gasteiger partial charge in [-0.1, -0.05) is 25.1 Å². The number of fused-ring (bicyclic) bond motifs is 2. The van der Waals surface area contributed by atoms with Gasteiger partial charge in [-0.05, 0) is 24.6 Å². The van der Waals surface area contributed by atoms with Crippen LogP contribution in [-0.2, 0) is 13.0 Å². The van der Waals surface area contributed by atoms with Crippen molar-refractivity contribution in [2.45, 2.75) is 32.2 Å². The summed E-state index contributed by atoms with van der Waals surface area (Å²) in [6.07, 6.45) is 1.62. The standard InChI is InChI=1S/C18H23N5O/c1-2-22-10-8-16-14(11-22)17(19)23(21-16)18(24)13-7-9-20-15-6-4-3-5-12(13)15/h3-6,13,20H,2,7-11,19H2,1H3. The van der Waals surface area contributed by atoms with E-state index in [1.807, 2.05) is 24.3 Å². The van der Waals surface area contributed by atoms with Crippen molar-refractivity contribution in [1.82, 2.24) is 14.7 Å². The van der Waals surface area contributed by atoms with Crippen molar-refractivity contribution in [3.05, 3.63) is 41.1 Å². The fraction of sp³-hybridized carbons (Fsp3) is 0.444. The number of likely N-dealkylation sites (N-methyl/N-ethyl adjacent to an activating group) is 1. The Morgan fingerprint density at radius 2 is 2.25 bits per heavy atom. The lowest BCUT2D eigenvalue weighted by Crippen LogP contribution is -2.30. The van der Waals surface area contributed by atoms with E-state index < -0.39 is 0 Å². The molecule has 3 heterocycles. The zero-order valence-electron chi connectivity index (χ0n) is 14.0. The van der Waals surface area contributed by atoms with E-state index in [-0.39, 0.29) is 11.8 Å². The molecule has 0 amide bonds. The lowest BCUT2D eigenvalue weighted by atomic mass is 9.90. The number of nitrogens with two attached hydrogens (primary N) is 1. The van der Waals surface area contributed by atoms with Crippen LogP contribution in [0.25, 0.3) is 0 Å². The first kappa shape index (κ1) is 15.2. The molecule has 0 aliphatic carbocycles. The van der Waals surface area contributed by atoms with Gasteiger partial charge in [-0.3, -0.25) is 9.69 Å². The largest absolute Gasteiger partial charge is 0.385 e. The predicted molar refractivity (Wildman–Crippen MR) is 94.2 cm³/mol. The molecule has 0 bridgehead atoms. The summed E-state index contributed by atoms with van der Waals surface area (Å²) in [5.74, 6) is 0.316. The average molecular weight is 325 g/mol. The van der Waals surface area contributed by atoms with Crippen molar-refractivity contribution >= 4 is 17.4 Å². The molecule has 24 heavy (non-hydrogen) atoms. The number of benzene rings is 1. The van der Waals surface area contributed by atoms with Crippen LogP contribution in [0.15, 0.2) is 24.3 Å². The molecule has 0 saturated carbocycles. The highest BCUT2D eigenvalue weighted by molar-refractivity contribution is 5.90. The van der Waals surface area contributed by atoms with Crippen molar-refractivity contribution in [3.8, 4) is 0 Å². The number of carbonyl (C=O) groups excluding carboxylic acids is 1. The first-order valence-electron chi connectivity index (χ1n) is 8.64. The number of nitrogens with zero attached hydrogens (tertiary/aromatic N) is 3. The monoisotopic (exact) mass is 325 g/mol. The number of para-hydroxylation sites is 1. The summed E-state index contributed by atoms with van der Waals surface area (Å²) in [7, 11) is 0. The highest BCUT2D eigenvalue weighted by Crippen LogP contribution is 2.34. The van der Waals surface area contributed by atoms with Crippen molar-refractivity contribution in [2.24, 2.45) is 0 Å². The number of aromatic nitrogens is 2. The summed E-state index contributed by atoms with van der Waals surface area (Å²) >= 11 is 0. The number of carbonyl (C=O) groups is 1. The van der Waals surface area contributed by atoms with Crippen LogP contribution in [0.2, 0.25) is 0 Å². The van der Waals surface area contributed by atoms with E-state index in [4.69, 9.17) is 5.73 Å². The van der Waals surface area contributed by atoms with Crippen LogP contribution in [-0.4, -0.2) is 40.2 Å². The molecule has 4 rings (SSSR count). The Balaban J connectivity index is 1.68. The second-order valence-corrected chi connectivity index (χ2v) is 6.53. The van der Waals surface area contributed by atoms with Gasteiger partial charge >= 0.3 is 0 Å². The number of hydrogen-bond acceptors (Lipinski definition) is 5. The first-order chi connectivity index (χ1) is 11.7. The zero-order valence-corrected chi connectivity index (χ0v) is 14.0. The van der Waals surface area contributed by atoms with Gasteiger partial charge in [0.1, 0.15) is 5.82 Å². The first-order valence-corrected chi connectivity index (χ1v) is 8.64. The highest BCUT2D eigenvalue weighted by atomic mass is 16.2. The van der Waals surface area contributed by atoms with Gasteiger partial charge < -0.3 is 11.1 Å². The molecule has 0 saturated heterocycles. The minimum absolute atomic E-state index is 0.0149. The molecule has 6 heteroatoms. The maximum atomic E-state index is 13.1. The third-order valence-corrected chi connectivity index (χ3v) is 5.19. The van der Waals surface area contributed by atoms with Crippen molar-refractivity contribution in [3.63, 3.8) is 0 Å². The predicted octanol–water partition coefficient (Wildman–Crippen LogP) is 2.08. The van der Waals surface area contributed by atoms with Crippen molar-refractivity contribution in [1.29, 1.82) is 0 Å². The summed E-state index contributed by atoms with van der Waals surface area (Å²) in [6, 6.07) is 8.00. The van der Waals surface area contributed by atoms with E-state index in [0.717, 1.165) is 61.5 Å². The van der Waals surface area contributed by atoms with Crippen LogP contribution in [0.5, 0.6) is 0 Å². The number of hydrogen-bond donors (Lipinski definition) is 2. The molecular weight excluding hydrogens is 302 g/mol. The van der Waals surface area contributed by atoms with Gasteiger partial charge in [-0.2, -0.15) is 9.78 Å². The van der Waals surface area contributed by atoms with Gasteiger partial charge in [0.15, 0.2) is 0 Å². The van der Waals surface area contributed by atoms with Crippen LogP contribution >= 0.6 is 0 Å². The van der Waals surface area contributed by atoms with Gasteiger partial charge in [0.25, 0.3) is 5.91 Å². The van der Waals surface area contributed by atoms with Gasteiger partial charge in [0.05, 0.1) is 11.6 Å². The summed E-state index contributed by atoms with van der Waals surface area (Å²) in [6.45, 7) is 5.68. The minimum atomic E-state index is -0.187. The Bertz CT molecular complexity index is 782. The summed E-state index contributed by atoms with van der Waals surface area (Å²) in [5, 5.41) is 7.92. The molecule has 0 spiro atoms. The van der Waals surface area contributed by atoms with Crippen molar-refractivity contribution in [2.75, 3.05) is 30.7 Å². The molecule has 2 aliphatic heterocycles. The van der Waals surface area contributed by atoms with Crippen LogP contribution in [0.1, 0.15) is 40.9 Å². The fourth-order valence-corrected chi connectivity index (χ4v) is 3.76. The van der Waals surface area contributed by atoms with Crippen LogP contribution in [0.4, 0.5) is 11.5 Å². The van der Waals surface area contributed by atoms with E-state index in [9.17, 15) is 4.79 Å². The van der Waals surface area contributed by atoms with E-state index >= 15 is 0 Å². The number of rotatable bonds is 2.